The van der Waals surface area contributed by atoms with Crippen molar-refractivity contribution in [1.82, 2.24) is 26.6 Å². The molecule has 2 fully saturated rings. The van der Waals surface area contributed by atoms with Gasteiger partial charge >= 0.3 is 33.3 Å². The number of fused-ring (bicyclic) bond motifs is 2. The Morgan fingerprint density at radius 1 is 0.667 bits per heavy atom. The summed E-state index contributed by atoms with van der Waals surface area (Å²) in [5.74, 6) is 0. The van der Waals surface area contributed by atoms with Crippen LogP contribution in [-0.2, 0) is 13.1 Å². The molecule has 5 nitrogen and oxygen atoms in total. The molecule has 8 heteroatoms. The van der Waals surface area contributed by atoms with Crippen molar-refractivity contribution in [3.05, 3.63) is 0 Å². The molecule has 2 saturated heterocycles. The van der Waals surface area contributed by atoms with Gasteiger partial charge in [-0.25, -0.2) is 0 Å². The fraction of sp³-hybridized carbons (Fsp3) is 1.00. The Hall–Kier alpha value is 0.899. The van der Waals surface area contributed by atoms with E-state index in [2.05, 4.69) is 26.6 Å². The summed E-state index contributed by atoms with van der Waals surface area (Å²) in [6.45, 7) is 8.61. The Morgan fingerprint density at radius 3 is 1.48 bits per heavy atom. The summed E-state index contributed by atoms with van der Waals surface area (Å²) in [6, 6.07) is 1.32. The first-order valence-corrected chi connectivity index (χ1v) is 11.1. The van der Waals surface area contributed by atoms with E-state index in [-0.39, 0.29) is 13.1 Å². The Bertz CT molecular complexity index is 219. The van der Waals surface area contributed by atoms with Gasteiger partial charge < -0.3 is 26.6 Å². The molecule has 0 amide bonds. The van der Waals surface area contributed by atoms with E-state index in [9.17, 15) is 0 Å². The van der Waals surface area contributed by atoms with E-state index in [1.54, 1.807) is 0 Å². The second-order valence-electron chi connectivity index (χ2n) is 5.45. The van der Waals surface area contributed by atoms with Gasteiger partial charge in [0.25, 0.3) is 0 Å². The van der Waals surface area contributed by atoms with Gasteiger partial charge in [-0.15, -0.1) is 0 Å². The molecule has 0 saturated carbocycles. The van der Waals surface area contributed by atoms with E-state index in [0.717, 1.165) is 52.4 Å². The van der Waals surface area contributed by atoms with Crippen LogP contribution >= 0.6 is 20.2 Å². The molecule has 0 spiro atoms. The zero-order valence-corrected chi connectivity index (χ0v) is 15.3. The molecule has 2 atom stereocenters. The standard InChI is InChI=1S/C13H29N5.2ClH.Mn/c1-2-12-10-16-8-6-14-4-5-15-7-9-17-11-13(3-1)18-12;;;/h12-18H,1-11H2;2*1H;/q;;;+2/p-2/t12-,13+;;;. The summed E-state index contributed by atoms with van der Waals surface area (Å²) in [5.41, 5.74) is 0. The molecular formula is C13H29Cl2MnN5. The fourth-order valence-corrected chi connectivity index (χ4v) is 2.77. The van der Waals surface area contributed by atoms with Gasteiger partial charge in [0, 0.05) is 64.4 Å². The molecule has 21 heavy (non-hydrogen) atoms. The molecule has 0 unspecified atom stereocenters. The molecule has 2 heterocycles. The van der Waals surface area contributed by atoms with Crippen LogP contribution in [0.2, 0.25) is 0 Å². The molecule has 0 radical (unpaired) electrons. The van der Waals surface area contributed by atoms with E-state index in [0.29, 0.717) is 12.1 Å². The molecule has 2 rings (SSSR count). The molecular weight excluding hydrogens is 352 g/mol. The first kappa shape index (κ1) is 19.9. The SMILES string of the molecule is C1C[C@@H]2CNCCNCCNCCNC[C@H](C1)N2.[Cl][Mn][Cl]. The summed E-state index contributed by atoms with van der Waals surface area (Å²) in [6.07, 6.45) is 4.00. The Kier molecular flexibility index (Phi) is 13.8. The number of rotatable bonds is 0. The van der Waals surface area contributed by atoms with Gasteiger partial charge in [-0.05, 0) is 12.8 Å². The first-order valence-electron chi connectivity index (χ1n) is 7.82. The van der Waals surface area contributed by atoms with Gasteiger partial charge in [0.05, 0.1) is 0 Å². The predicted octanol–water partition coefficient (Wildman–Crippen LogP) is 0.246. The Balaban J connectivity index is 0.000000677. The molecule has 0 aromatic rings. The van der Waals surface area contributed by atoms with E-state index >= 15 is 0 Å². The van der Waals surface area contributed by atoms with Crippen LogP contribution in [0.1, 0.15) is 19.3 Å². The molecule has 0 aliphatic carbocycles. The predicted molar refractivity (Wildman–Crippen MR) is 87.7 cm³/mol. The summed E-state index contributed by atoms with van der Waals surface area (Å²) < 4.78 is 0. The van der Waals surface area contributed by atoms with Crippen molar-refractivity contribution in [1.29, 1.82) is 0 Å². The zero-order chi connectivity index (χ0) is 15.2. The van der Waals surface area contributed by atoms with Crippen molar-refractivity contribution in [2.45, 2.75) is 31.3 Å². The van der Waals surface area contributed by atoms with Crippen LogP contribution in [0.25, 0.3) is 0 Å². The van der Waals surface area contributed by atoms with E-state index in [1.807, 2.05) is 0 Å². The normalized spacial score (nSPS) is 29.4. The van der Waals surface area contributed by atoms with Crippen molar-refractivity contribution >= 4 is 20.2 Å². The second kappa shape index (κ2) is 14.5. The topological polar surface area (TPSA) is 60.1 Å². The van der Waals surface area contributed by atoms with Gasteiger partial charge in [0.1, 0.15) is 0 Å². The maximum atomic E-state index is 4.80. The van der Waals surface area contributed by atoms with Crippen LogP contribution < -0.4 is 26.6 Å². The first-order chi connectivity index (χ1) is 10.4. The van der Waals surface area contributed by atoms with Crippen LogP contribution in [0.4, 0.5) is 0 Å². The van der Waals surface area contributed by atoms with Gasteiger partial charge in [-0.2, -0.15) is 0 Å². The summed E-state index contributed by atoms with van der Waals surface area (Å²) in [7, 11) is 9.59. The van der Waals surface area contributed by atoms with Crippen LogP contribution in [0.15, 0.2) is 0 Å². The molecule has 5 N–H and O–H groups in total. The van der Waals surface area contributed by atoms with E-state index in [1.165, 1.54) is 19.3 Å². The Labute approximate surface area is 143 Å². The van der Waals surface area contributed by atoms with Crippen molar-refractivity contribution < 1.29 is 13.1 Å². The van der Waals surface area contributed by atoms with Crippen molar-refractivity contribution in [3.63, 3.8) is 0 Å². The molecule has 0 aromatic heterocycles. The molecule has 127 valence electrons. The average Bonchev–Trinajstić information content (AvgIpc) is 2.49. The van der Waals surface area contributed by atoms with Crippen LogP contribution in [0, 0.1) is 0 Å². The number of hydrogen-bond donors (Lipinski definition) is 5. The zero-order valence-electron chi connectivity index (χ0n) is 12.6. The van der Waals surface area contributed by atoms with E-state index in [4.69, 9.17) is 20.2 Å². The third kappa shape index (κ3) is 11.1. The average molecular weight is 381 g/mol. The minimum atomic E-state index is 0.00694. The van der Waals surface area contributed by atoms with E-state index < -0.39 is 0 Å². The van der Waals surface area contributed by atoms with Gasteiger partial charge in [-0.1, -0.05) is 6.42 Å². The monoisotopic (exact) mass is 380 g/mol. The molecule has 0 aromatic carbocycles. The summed E-state index contributed by atoms with van der Waals surface area (Å²) >= 11 is 0.00694. The van der Waals surface area contributed by atoms with Crippen LogP contribution in [0.5, 0.6) is 0 Å². The number of hydrogen-bond acceptors (Lipinski definition) is 5. The fourth-order valence-electron chi connectivity index (χ4n) is 2.77. The summed E-state index contributed by atoms with van der Waals surface area (Å²) in [4.78, 5) is 0. The van der Waals surface area contributed by atoms with Crippen LogP contribution in [0.3, 0.4) is 0 Å². The number of halogens is 2. The third-order valence-electron chi connectivity index (χ3n) is 3.79. The maximum absolute atomic E-state index is 4.80. The van der Waals surface area contributed by atoms with Crippen molar-refractivity contribution in [3.8, 4) is 0 Å². The molecule has 2 bridgehead atoms. The molecule has 2 aliphatic rings. The summed E-state index contributed by atoms with van der Waals surface area (Å²) in [5, 5.41) is 17.7. The number of nitrogens with one attached hydrogen (secondary N) is 5. The van der Waals surface area contributed by atoms with Crippen molar-refractivity contribution in [2.24, 2.45) is 0 Å². The Morgan fingerprint density at radius 2 is 1.05 bits per heavy atom. The van der Waals surface area contributed by atoms with Gasteiger partial charge in [0.15, 0.2) is 0 Å². The van der Waals surface area contributed by atoms with Gasteiger partial charge in [0.2, 0.25) is 0 Å². The third-order valence-corrected chi connectivity index (χ3v) is 3.79. The molecule has 2 aliphatic heterocycles. The second-order valence-corrected chi connectivity index (χ2v) is 7.40. The minimum absolute atomic E-state index is 0.00694. The number of piperidine rings is 1. The van der Waals surface area contributed by atoms with Crippen LogP contribution in [-0.4, -0.2) is 64.4 Å². The quantitative estimate of drug-likeness (QED) is 0.390. The van der Waals surface area contributed by atoms with Gasteiger partial charge in [-0.3, -0.25) is 0 Å². The van der Waals surface area contributed by atoms with Crippen molar-refractivity contribution in [2.75, 3.05) is 52.4 Å².